The third-order valence-corrected chi connectivity index (χ3v) is 5.98. The molecule has 0 spiro atoms. The maximum absolute atomic E-state index is 13.3. The molecule has 2 aromatic heterocycles. The second-order valence-corrected chi connectivity index (χ2v) is 8.01. The Bertz CT molecular complexity index is 1210. The average molecular weight is 405 g/mol. The van der Waals surface area contributed by atoms with Gasteiger partial charge in [-0.2, -0.15) is 4.68 Å². The van der Waals surface area contributed by atoms with Crippen LogP contribution in [0.15, 0.2) is 58.3 Å². The molecule has 148 valence electrons. The van der Waals surface area contributed by atoms with Gasteiger partial charge in [0, 0.05) is 5.69 Å². The first-order valence-electron chi connectivity index (χ1n) is 9.95. The van der Waals surface area contributed by atoms with E-state index in [2.05, 4.69) is 30.0 Å². The number of nitrogens with one attached hydrogen (secondary N) is 1. The van der Waals surface area contributed by atoms with Gasteiger partial charge in [-0.05, 0) is 43.5 Å². The van der Waals surface area contributed by atoms with E-state index in [1.54, 1.807) is 4.68 Å². The smallest absolute Gasteiger partial charge is 0.282 e. The fourth-order valence-corrected chi connectivity index (χ4v) is 4.46. The van der Waals surface area contributed by atoms with Crippen molar-refractivity contribution in [2.45, 2.75) is 40.0 Å². The minimum absolute atomic E-state index is 0.0947. The lowest BCUT2D eigenvalue weighted by molar-refractivity contribution is 0.790. The first-order valence-corrected chi connectivity index (χ1v) is 10.8. The topological polar surface area (TPSA) is 63.0 Å². The van der Waals surface area contributed by atoms with Crippen LogP contribution in [0.1, 0.15) is 44.0 Å². The van der Waals surface area contributed by atoms with Crippen LogP contribution in [0.5, 0.6) is 0 Å². The molecular formula is C23H24N4OS. The average Bonchev–Trinajstić information content (AvgIpc) is 3.29. The van der Waals surface area contributed by atoms with Crippen LogP contribution >= 0.6 is 11.3 Å². The van der Waals surface area contributed by atoms with Crippen LogP contribution < -0.4 is 5.56 Å². The zero-order valence-electron chi connectivity index (χ0n) is 16.9. The molecule has 0 aliphatic rings. The number of para-hydroxylation sites is 2. The van der Waals surface area contributed by atoms with E-state index in [-0.39, 0.29) is 5.56 Å². The monoisotopic (exact) mass is 404 g/mol. The van der Waals surface area contributed by atoms with E-state index in [4.69, 9.17) is 4.99 Å². The SMILES string of the molecule is CCCc1[nH]n(-c2nc3ccccc3s2)c(=O)c1C(C)=Nc1ccccc1CC. The Morgan fingerprint density at radius 2 is 1.90 bits per heavy atom. The summed E-state index contributed by atoms with van der Waals surface area (Å²) in [6.45, 7) is 6.14. The molecule has 29 heavy (non-hydrogen) atoms. The first kappa shape index (κ1) is 19.3. The van der Waals surface area contributed by atoms with Crippen LogP contribution in [0.3, 0.4) is 0 Å². The molecule has 0 saturated heterocycles. The molecule has 2 aromatic carbocycles. The van der Waals surface area contributed by atoms with Gasteiger partial charge in [0.2, 0.25) is 5.13 Å². The quantitative estimate of drug-likeness (QED) is 0.436. The minimum atomic E-state index is -0.0947. The van der Waals surface area contributed by atoms with Crippen molar-refractivity contribution >= 4 is 33.0 Å². The molecule has 0 aliphatic carbocycles. The van der Waals surface area contributed by atoms with Gasteiger partial charge in [0.05, 0.1) is 27.2 Å². The summed E-state index contributed by atoms with van der Waals surface area (Å²) in [5.41, 5.74) is 5.19. The molecule has 0 amide bonds. The molecule has 0 aliphatic heterocycles. The fourth-order valence-electron chi connectivity index (χ4n) is 3.53. The van der Waals surface area contributed by atoms with Crippen LogP contribution in [0.2, 0.25) is 0 Å². The summed E-state index contributed by atoms with van der Waals surface area (Å²) in [5.74, 6) is 0. The third kappa shape index (κ3) is 3.68. The van der Waals surface area contributed by atoms with Crippen molar-refractivity contribution in [2.24, 2.45) is 4.99 Å². The van der Waals surface area contributed by atoms with Crippen molar-refractivity contribution in [2.75, 3.05) is 0 Å². The lowest BCUT2D eigenvalue weighted by Gasteiger charge is -2.05. The maximum atomic E-state index is 13.3. The van der Waals surface area contributed by atoms with Gasteiger partial charge >= 0.3 is 0 Å². The summed E-state index contributed by atoms with van der Waals surface area (Å²) in [4.78, 5) is 22.8. The van der Waals surface area contributed by atoms with Gasteiger partial charge in [-0.25, -0.2) is 4.98 Å². The van der Waals surface area contributed by atoms with Gasteiger partial charge < -0.3 is 0 Å². The number of fused-ring (bicyclic) bond motifs is 1. The molecule has 2 heterocycles. The van der Waals surface area contributed by atoms with Crippen molar-refractivity contribution in [1.82, 2.24) is 14.8 Å². The highest BCUT2D eigenvalue weighted by molar-refractivity contribution is 7.20. The molecule has 4 aromatic rings. The number of thiazole rings is 1. The molecule has 6 heteroatoms. The summed E-state index contributed by atoms with van der Waals surface area (Å²) in [6.07, 6.45) is 2.62. The van der Waals surface area contributed by atoms with Crippen molar-refractivity contribution < 1.29 is 0 Å². The lowest BCUT2D eigenvalue weighted by atomic mass is 10.1. The Morgan fingerprint density at radius 1 is 1.14 bits per heavy atom. The van der Waals surface area contributed by atoms with E-state index in [0.717, 1.165) is 46.6 Å². The maximum Gasteiger partial charge on any atom is 0.282 e. The number of benzene rings is 2. The second-order valence-electron chi connectivity index (χ2n) is 7.00. The van der Waals surface area contributed by atoms with Crippen LogP contribution in [0, 0.1) is 0 Å². The van der Waals surface area contributed by atoms with Crippen LogP contribution in [-0.2, 0) is 12.8 Å². The van der Waals surface area contributed by atoms with Crippen molar-refractivity contribution in [3.8, 4) is 5.13 Å². The van der Waals surface area contributed by atoms with Gasteiger partial charge in [-0.1, -0.05) is 61.9 Å². The highest BCUT2D eigenvalue weighted by Crippen LogP contribution is 2.25. The third-order valence-electron chi connectivity index (χ3n) is 4.96. The number of aromatic amines is 1. The molecule has 1 N–H and O–H groups in total. The Kier molecular flexibility index (Phi) is 5.45. The largest absolute Gasteiger partial charge is 0.292 e. The molecule has 0 unspecified atom stereocenters. The molecule has 0 atom stereocenters. The number of H-pyrrole nitrogens is 1. The normalized spacial score (nSPS) is 12.0. The summed E-state index contributed by atoms with van der Waals surface area (Å²) < 4.78 is 2.63. The molecule has 0 radical (unpaired) electrons. The minimum Gasteiger partial charge on any atom is -0.292 e. The van der Waals surface area contributed by atoms with Crippen LogP contribution in [0.25, 0.3) is 15.3 Å². The molecule has 0 fully saturated rings. The predicted octanol–water partition coefficient (Wildman–Crippen LogP) is 5.43. The number of aromatic nitrogens is 3. The fraction of sp³-hybridized carbons (Fsp3) is 0.261. The number of aryl methyl sites for hydroxylation is 2. The van der Waals surface area contributed by atoms with Crippen LogP contribution in [0.4, 0.5) is 5.69 Å². The number of rotatable bonds is 6. The highest BCUT2D eigenvalue weighted by atomic mass is 32.1. The van der Waals surface area contributed by atoms with E-state index in [9.17, 15) is 4.79 Å². The summed E-state index contributed by atoms with van der Waals surface area (Å²) in [6, 6.07) is 16.0. The molecule has 0 saturated carbocycles. The Labute approximate surface area is 173 Å². The summed E-state index contributed by atoms with van der Waals surface area (Å²) in [7, 11) is 0. The Balaban J connectivity index is 1.84. The summed E-state index contributed by atoms with van der Waals surface area (Å²) in [5, 5.41) is 3.95. The molecule has 5 nitrogen and oxygen atoms in total. The lowest BCUT2D eigenvalue weighted by Crippen LogP contribution is -2.19. The van der Waals surface area contributed by atoms with Gasteiger partial charge in [-0.15, -0.1) is 0 Å². The van der Waals surface area contributed by atoms with E-state index in [1.165, 1.54) is 16.9 Å². The molecular weight excluding hydrogens is 380 g/mol. The van der Waals surface area contributed by atoms with E-state index >= 15 is 0 Å². The number of nitrogens with zero attached hydrogens (tertiary/aromatic N) is 3. The zero-order chi connectivity index (χ0) is 20.4. The van der Waals surface area contributed by atoms with Gasteiger partial charge in [0.25, 0.3) is 5.56 Å². The second kappa shape index (κ2) is 8.17. The van der Waals surface area contributed by atoms with Gasteiger partial charge in [0.1, 0.15) is 0 Å². The van der Waals surface area contributed by atoms with E-state index < -0.39 is 0 Å². The zero-order valence-corrected chi connectivity index (χ0v) is 17.7. The first-order chi connectivity index (χ1) is 14.1. The standard InChI is InChI=1S/C23H24N4OS/c1-4-10-19-21(15(3)24-17-12-7-6-11-16(17)5-2)22(28)27(26-19)23-25-18-13-8-9-14-20(18)29-23/h6-9,11-14,26H,4-5,10H2,1-3H3. The van der Waals surface area contributed by atoms with Crippen molar-refractivity contribution in [3.05, 3.63) is 75.7 Å². The van der Waals surface area contributed by atoms with Crippen molar-refractivity contribution in [3.63, 3.8) is 0 Å². The van der Waals surface area contributed by atoms with Gasteiger partial charge in [0.15, 0.2) is 0 Å². The summed E-state index contributed by atoms with van der Waals surface area (Å²) >= 11 is 1.51. The van der Waals surface area contributed by atoms with Crippen LogP contribution in [-0.4, -0.2) is 20.5 Å². The van der Waals surface area contributed by atoms with E-state index in [1.807, 2.05) is 49.4 Å². The number of hydrogen-bond acceptors (Lipinski definition) is 4. The highest BCUT2D eigenvalue weighted by Gasteiger charge is 2.19. The molecule has 4 rings (SSSR count). The van der Waals surface area contributed by atoms with Gasteiger partial charge in [-0.3, -0.25) is 14.9 Å². The Morgan fingerprint density at radius 3 is 2.66 bits per heavy atom. The Hall–Kier alpha value is -2.99. The molecule has 0 bridgehead atoms. The van der Waals surface area contributed by atoms with Crippen molar-refractivity contribution in [1.29, 1.82) is 0 Å². The number of aliphatic imine (C=N–C) groups is 1. The predicted molar refractivity (Wildman–Crippen MR) is 121 cm³/mol. The van der Waals surface area contributed by atoms with E-state index in [0.29, 0.717) is 10.7 Å². The number of hydrogen-bond donors (Lipinski definition) is 1.